The molecule has 3 heterocycles. The molecular formula is C121H133N3. The van der Waals surface area contributed by atoms with Gasteiger partial charge in [0, 0.05) is 49.4 Å². The predicted octanol–water partition coefficient (Wildman–Crippen LogP) is 34.7. The molecule has 0 unspecified atom stereocenters. The summed E-state index contributed by atoms with van der Waals surface area (Å²) in [6.45, 7) is 63.8. The van der Waals surface area contributed by atoms with Crippen LogP contribution in [-0.4, -0.2) is 13.7 Å². The third kappa shape index (κ3) is 17.1. The lowest BCUT2D eigenvalue weighted by Crippen LogP contribution is -2.17. The van der Waals surface area contributed by atoms with Gasteiger partial charge in [0.15, 0.2) is 0 Å². The molecule has 0 bridgehead atoms. The lowest BCUT2D eigenvalue weighted by molar-refractivity contribution is 0.567. The number of hydrogen-bond acceptors (Lipinski definition) is 0. The number of aromatic nitrogens is 3. The highest BCUT2D eigenvalue weighted by molar-refractivity contribution is 6.21. The maximum absolute atomic E-state index is 9.14. The second-order valence-electron chi connectivity index (χ2n) is 44.1. The van der Waals surface area contributed by atoms with E-state index in [-0.39, 0.29) is 67.5 Å². The highest BCUT2D eigenvalue weighted by Gasteiger charge is 2.34. The molecule has 0 saturated carbocycles. The fourth-order valence-corrected chi connectivity index (χ4v) is 18.5. The summed E-state index contributed by atoms with van der Waals surface area (Å²) in [5, 5.41) is 7.59. The molecule has 632 valence electrons. The monoisotopic (exact) mass is 1630 g/mol. The summed E-state index contributed by atoms with van der Waals surface area (Å²) < 4.78 is 42.7. The maximum Gasteiger partial charge on any atom is 0.0632 e. The Labute approximate surface area is 747 Å². The Morgan fingerprint density at radius 1 is 0.210 bits per heavy atom. The van der Waals surface area contributed by atoms with Crippen molar-refractivity contribution in [3.05, 3.63) is 353 Å². The molecule has 0 amide bonds. The summed E-state index contributed by atoms with van der Waals surface area (Å²) in [4.78, 5) is 0. The van der Waals surface area contributed by atoms with Crippen LogP contribution in [-0.2, 0) is 48.7 Å². The zero-order valence-electron chi connectivity index (χ0n) is 83.3. The van der Waals surface area contributed by atoms with Gasteiger partial charge in [-0.3, -0.25) is 0 Å². The first kappa shape index (κ1) is 82.1. The predicted molar refractivity (Wildman–Crippen MR) is 543 cm³/mol. The van der Waals surface area contributed by atoms with Crippen LogP contribution in [0.1, 0.15) is 248 Å². The van der Waals surface area contributed by atoms with Crippen LogP contribution in [0.25, 0.3) is 138 Å². The van der Waals surface area contributed by atoms with E-state index in [4.69, 9.17) is 5.48 Å². The van der Waals surface area contributed by atoms with Gasteiger partial charge in [-0.1, -0.05) is 417 Å². The SMILES string of the molecule is CC(C)(C)c1cc(-n2c3cccc(-c4ccccc4)c3c3c(C(C)(C)C)c(-c4ccccc4)ccc32)cc(C(C)(C)C)c1.CC(C)(C)c1cc(-n2c3cccc(-c4ccccc4)c3c3c(C(C)(C)C)cccc32)cc(C(C)(C)C)c1.[2H]c1c([2H])c(C)c([2H])c(-c2ccc3c(c2C(C)(C)C)c2c(-c4ccccc4)cccc2n3-c2cc(C(C)(C)C)cc(C(C)(C)C)c2)c1[2H]. The minimum absolute atomic E-state index is 0.0201. The van der Waals surface area contributed by atoms with Crippen molar-refractivity contribution in [2.45, 2.75) is 243 Å². The van der Waals surface area contributed by atoms with Gasteiger partial charge in [-0.2, -0.15) is 0 Å². The van der Waals surface area contributed by atoms with E-state index in [1.54, 1.807) is 6.92 Å². The van der Waals surface area contributed by atoms with Crippen molar-refractivity contribution in [3.63, 3.8) is 0 Å². The maximum atomic E-state index is 9.14. The van der Waals surface area contributed by atoms with E-state index in [1.165, 1.54) is 133 Å². The molecule has 0 radical (unpaired) electrons. The Hall–Kier alpha value is -11.5. The second kappa shape index (κ2) is 32.2. The smallest absolute Gasteiger partial charge is 0.0632 e. The molecule has 0 atom stereocenters. The molecule has 17 aromatic rings. The fourth-order valence-electron chi connectivity index (χ4n) is 18.5. The van der Waals surface area contributed by atoms with Gasteiger partial charge < -0.3 is 13.7 Å². The average molecular weight is 1630 g/mol. The van der Waals surface area contributed by atoms with Gasteiger partial charge >= 0.3 is 0 Å². The van der Waals surface area contributed by atoms with Crippen molar-refractivity contribution >= 4 is 65.4 Å². The van der Waals surface area contributed by atoms with E-state index in [0.717, 1.165) is 49.7 Å². The average Bonchev–Trinajstić information content (AvgIpc) is 1.55. The largest absolute Gasteiger partial charge is 0.309 e. The lowest BCUT2D eigenvalue weighted by Gasteiger charge is -2.27. The van der Waals surface area contributed by atoms with Crippen molar-refractivity contribution in [1.82, 2.24) is 13.7 Å². The standard InChI is InChI=1S/C43H47N.C42H45N.C36H41N/c1-28-16-14-19-30(24-28)35-22-23-37-39(40(35)43(8,9)10)38-34(29-17-12-11-13-18-29)20-15-21-36(38)44(37)33-26-31(41(2,3)4)25-32(27-33)42(5,6)7;1-40(2,3)30-25-31(41(4,5)6)27-32(26-30)43-35-22-16-21-33(28-17-12-10-13-18-28)37(35)38-36(43)24-23-34(39(38)42(7,8)9)29-19-14-11-15-20-29;1-34(2,3)25-21-26(35(4,5)6)23-27(22-25)37-30-19-13-17-28(24-15-11-10-12-16-24)32(30)33-29(36(7,8)9)18-14-20-31(33)37/h11-27H,1-10H3;10-27H,1-9H3;10-23H,1-9H3/i14D,16D,19D,24D;;. The minimum Gasteiger partial charge on any atom is -0.309 e. The summed E-state index contributed by atoms with van der Waals surface area (Å²) in [7, 11) is 0. The van der Waals surface area contributed by atoms with E-state index < -0.39 is 5.41 Å². The molecule has 0 aliphatic carbocycles. The molecule has 0 aliphatic rings. The van der Waals surface area contributed by atoms with Gasteiger partial charge in [-0.15, -0.1) is 0 Å². The first-order valence-electron chi connectivity index (χ1n) is 46.9. The van der Waals surface area contributed by atoms with Crippen LogP contribution >= 0.6 is 0 Å². The molecule has 0 fully saturated rings. The lowest BCUT2D eigenvalue weighted by atomic mass is 9.78. The number of rotatable bonds is 8. The van der Waals surface area contributed by atoms with Gasteiger partial charge in [-0.05, 0) is 234 Å². The highest BCUT2D eigenvalue weighted by Crippen LogP contribution is 2.52. The normalized spacial score (nSPS) is 13.3. The van der Waals surface area contributed by atoms with E-state index in [9.17, 15) is 0 Å². The summed E-state index contributed by atoms with van der Waals surface area (Å²) >= 11 is 0. The number of nitrogens with zero attached hydrogens (tertiary/aromatic N) is 3. The summed E-state index contributed by atoms with van der Waals surface area (Å²) in [6, 6.07) is 100. The zero-order valence-corrected chi connectivity index (χ0v) is 79.3. The van der Waals surface area contributed by atoms with Crippen LogP contribution in [0.15, 0.2) is 297 Å². The quantitative estimate of drug-likeness (QED) is 0.144. The van der Waals surface area contributed by atoms with Gasteiger partial charge in [0.1, 0.15) is 0 Å². The van der Waals surface area contributed by atoms with Crippen LogP contribution < -0.4 is 0 Å². The first-order valence-corrected chi connectivity index (χ1v) is 44.9. The molecule has 3 aromatic heterocycles. The topological polar surface area (TPSA) is 14.8 Å². The van der Waals surface area contributed by atoms with Crippen LogP contribution in [0.5, 0.6) is 0 Å². The van der Waals surface area contributed by atoms with Crippen LogP contribution in [0, 0.1) is 6.92 Å². The third-order valence-corrected chi connectivity index (χ3v) is 25.1. The summed E-state index contributed by atoms with van der Waals surface area (Å²) in [6.07, 6.45) is 0. The van der Waals surface area contributed by atoms with Crippen molar-refractivity contribution in [3.8, 4) is 72.7 Å². The molecule has 0 N–H and O–H groups in total. The van der Waals surface area contributed by atoms with Crippen molar-refractivity contribution in [2.24, 2.45) is 0 Å². The van der Waals surface area contributed by atoms with Crippen LogP contribution in [0.4, 0.5) is 0 Å². The molecule has 3 nitrogen and oxygen atoms in total. The number of hydrogen-bond donors (Lipinski definition) is 0. The molecule has 0 spiro atoms. The van der Waals surface area contributed by atoms with E-state index in [0.29, 0.717) is 11.1 Å². The Morgan fingerprint density at radius 2 is 0.468 bits per heavy atom. The first-order chi connectivity index (χ1) is 59.8. The van der Waals surface area contributed by atoms with Crippen LogP contribution in [0.2, 0.25) is 0 Å². The second-order valence-corrected chi connectivity index (χ2v) is 44.1. The van der Waals surface area contributed by atoms with E-state index >= 15 is 0 Å². The molecule has 3 heteroatoms. The van der Waals surface area contributed by atoms with Crippen molar-refractivity contribution in [2.75, 3.05) is 0 Å². The van der Waals surface area contributed by atoms with Crippen LogP contribution in [0.3, 0.4) is 0 Å². The molecular weight excluding hydrogens is 1500 g/mol. The van der Waals surface area contributed by atoms with Gasteiger partial charge in [0.05, 0.1) is 38.6 Å². The third-order valence-electron chi connectivity index (χ3n) is 25.1. The molecule has 14 aromatic carbocycles. The van der Waals surface area contributed by atoms with E-state index in [1.807, 2.05) is 12.1 Å². The zero-order chi connectivity index (χ0) is 92.6. The molecule has 0 aliphatic heterocycles. The minimum atomic E-state index is -0.393. The number of benzene rings is 14. The summed E-state index contributed by atoms with van der Waals surface area (Å²) in [5.74, 6) is 0. The van der Waals surface area contributed by atoms with Gasteiger partial charge in [0.2, 0.25) is 0 Å². The van der Waals surface area contributed by atoms with Gasteiger partial charge in [-0.25, -0.2) is 0 Å². The Bertz CT molecular complexity index is 6980. The van der Waals surface area contributed by atoms with E-state index in [2.05, 4.69) is 461 Å². The van der Waals surface area contributed by atoms with Crippen molar-refractivity contribution < 1.29 is 5.48 Å². The Kier molecular flexibility index (Phi) is 21.3. The van der Waals surface area contributed by atoms with Crippen molar-refractivity contribution in [1.29, 1.82) is 0 Å². The Balaban J connectivity index is 0.000000149. The summed E-state index contributed by atoms with van der Waals surface area (Å²) in [5.41, 5.74) is 33.7. The van der Waals surface area contributed by atoms with Gasteiger partial charge in [0.25, 0.3) is 0 Å². The fraction of sp³-hybridized carbons (Fsp3) is 0.306. The molecule has 17 rings (SSSR count). The number of fused-ring (bicyclic) bond motifs is 9. The molecule has 124 heavy (non-hydrogen) atoms. The molecule has 0 saturated heterocycles. The Morgan fingerprint density at radius 3 is 0.750 bits per heavy atom. The highest BCUT2D eigenvalue weighted by atomic mass is 15.0.